The molecule has 0 aliphatic heterocycles. The highest BCUT2D eigenvalue weighted by atomic mass is 31.2. The highest BCUT2D eigenvalue weighted by Gasteiger charge is 2.44. The van der Waals surface area contributed by atoms with E-state index in [0.717, 1.165) is 19.3 Å². The van der Waals surface area contributed by atoms with E-state index in [9.17, 15) is 9.59 Å². The third-order valence-corrected chi connectivity index (χ3v) is 12.6. The van der Waals surface area contributed by atoms with Gasteiger partial charge in [0.2, 0.25) is 0 Å². The van der Waals surface area contributed by atoms with Crippen molar-refractivity contribution in [1.82, 2.24) is 0 Å². The number of benzene rings is 3. The number of ketones is 2. The number of carbonyl (C=O) groups excluding carboxylic acids is 2. The van der Waals surface area contributed by atoms with Gasteiger partial charge in [0.15, 0.2) is 11.6 Å². The Morgan fingerprint density at radius 1 is 0.525 bits per heavy atom. The van der Waals surface area contributed by atoms with Gasteiger partial charge in [-0.3, -0.25) is 9.59 Å². The Kier molecular flexibility index (Phi) is 11.2. The van der Waals surface area contributed by atoms with E-state index in [-0.39, 0.29) is 17.5 Å². The molecule has 0 aromatic heterocycles. The van der Waals surface area contributed by atoms with Crippen LogP contribution in [0.15, 0.2) is 114 Å². The third kappa shape index (κ3) is 7.55. The maximum atomic E-state index is 12.4. The molecular formula is C37H44O2P+. The number of unbranched alkanes of at least 4 members (excludes halogenated alkanes) is 7. The van der Waals surface area contributed by atoms with Crippen molar-refractivity contribution in [1.29, 1.82) is 0 Å². The number of allylic oxidation sites excluding steroid dienone is 4. The van der Waals surface area contributed by atoms with E-state index >= 15 is 0 Å². The summed E-state index contributed by atoms with van der Waals surface area (Å²) in [5, 5.41) is 4.41. The van der Waals surface area contributed by atoms with Crippen molar-refractivity contribution in [2.24, 2.45) is 5.92 Å². The fraction of sp³-hybridized carbons (Fsp3) is 0.351. The normalized spacial score (nSPS) is 13.9. The summed E-state index contributed by atoms with van der Waals surface area (Å²) >= 11 is 0. The lowest BCUT2D eigenvalue weighted by atomic mass is 9.88. The van der Waals surface area contributed by atoms with E-state index in [4.69, 9.17) is 0 Å². The van der Waals surface area contributed by atoms with Crippen molar-refractivity contribution in [2.75, 3.05) is 6.16 Å². The summed E-state index contributed by atoms with van der Waals surface area (Å²) in [6.45, 7) is 3.92. The molecule has 0 atom stereocenters. The molecule has 0 saturated heterocycles. The van der Waals surface area contributed by atoms with Gasteiger partial charge in [0, 0.05) is 11.1 Å². The maximum absolute atomic E-state index is 12.4. The average molecular weight is 552 g/mol. The highest BCUT2D eigenvalue weighted by Crippen LogP contribution is 2.56. The van der Waals surface area contributed by atoms with Crippen molar-refractivity contribution in [3.8, 4) is 0 Å². The molecule has 0 fully saturated rings. The first-order chi connectivity index (χ1) is 19.5. The van der Waals surface area contributed by atoms with E-state index in [1.807, 2.05) is 13.8 Å². The zero-order valence-electron chi connectivity index (χ0n) is 24.2. The minimum absolute atomic E-state index is 0.0165. The molecule has 1 aliphatic carbocycles. The number of hydrogen-bond acceptors (Lipinski definition) is 2. The lowest BCUT2D eigenvalue weighted by Crippen LogP contribution is -2.33. The van der Waals surface area contributed by atoms with Crippen LogP contribution in [0.5, 0.6) is 0 Å². The fourth-order valence-corrected chi connectivity index (χ4v) is 10.3. The van der Waals surface area contributed by atoms with E-state index < -0.39 is 7.26 Å². The molecule has 3 aromatic carbocycles. The van der Waals surface area contributed by atoms with E-state index in [2.05, 4.69) is 91.0 Å². The van der Waals surface area contributed by atoms with Crippen LogP contribution in [0.3, 0.4) is 0 Å². The summed E-state index contributed by atoms with van der Waals surface area (Å²) in [7, 11) is -1.72. The topological polar surface area (TPSA) is 34.1 Å². The molecule has 40 heavy (non-hydrogen) atoms. The first-order valence-corrected chi connectivity index (χ1v) is 17.1. The molecule has 0 saturated carbocycles. The standard InChI is InChI=1S/C37H44O2P/c1-30(2)35-29-36(38)31(28-37(35)39)20-12-7-5-3-4-6-8-19-27-40(32-21-13-9-14-22-32,33-23-15-10-16-24-33)34-25-17-11-18-26-34/h9-11,13-18,21-26,28-30H,3-8,12,19-20,27H2,1-2H3/q+1. The summed E-state index contributed by atoms with van der Waals surface area (Å²) in [5.74, 6) is 0.147. The monoisotopic (exact) mass is 551 g/mol. The Balaban J connectivity index is 1.25. The van der Waals surface area contributed by atoms with Crippen molar-refractivity contribution < 1.29 is 9.59 Å². The molecule has 0 amide bonds. The van der Waals surface area contributed by atoms with Crippen molar-refractivity contribution in [2.45, 2.75) is 71.6 Å². The number of hydrogen-bond donors (Lipinski definition) is 0. The predicted octanol–water partition coefficient (Wildman–Crippen LogP) is 8.15. The van der Waals surface area contributed by atoms with Gasteiger partial charge in [0.25, 0.3) is 0 Å². The van der Waals surface area contributed by atoms with Gasteiger partial charge in [-0.05, 0) is 80.2 Å². The lowest BCUT2D eigenvalue weighted by molar-refractivity contribution is -0.115. The summed E-state index contributed by atoms with van der Waals surface area (Å²) < 4.78 is 0. The smallest absolute Gasteiger partial charge is 0.182 e. The molecular weight excluding hydrogens is 507 g/mol. The molecule has 1 aliphatic rings. The van der Waals surface area contributed by atoms with Crippen LogP contribution in [-0.2, 0) is 9.59 Å². The van der Waals surface area contributed by atoms with Gasteiger partial charge in [0.1, 0.15) is 23.2 Å². The number of rotatable bonds is 15. The summed E-state index contributed by atoms with van der Waals surface area (Å²) in [6.07, 6.45) is 14.6. The van der Waals surface area contributed by atoms with Crippen LogP contribution in [-0.4, -0.2) is 17.7 Å². The van der Waals surface area contributed by atoms with E-state index in [0.29, 0.717) is 11.1 Å². The third-order valence-electron chi connectivity index (χ3n) is 8.10. The van der Waals surface area contributed by atoms with Gasteiger partial charge < -0.3 is 0 Å². The van der Waals surface area contributed by atoms with Gasteiger partial charge in [-0.2, -0.15) is 0 Å². The summed E-state index contributed by atoms with van der Waals surface area (Å²) in [6, 6.07) is 33.5. The molecule has 3 heteroatoms. The largest absolute Gasteiger partial charge is 0.290 e. The van der Waals surface area contributed by atoms with Crippen LogP contribution in [0, 0.1) is 5.92 Å². The van der Waals surface area contributed by atoms with Crippen LogP contribution in [0.25, 0.3) is 0 Å². The molecule has 3 aromatic rings. The molecule has 0 spiro atoms. The van der Waals surface area contributed by atoms with Crippen molar-refractivity contribution >= 4 is 34.7 Å². The van der Waals surface area contributed by atoms with Gasteiger partial charge in [-0.15, -0.1) is 0 Å². The second-order valence-corrected chi connectivity index (χ2v) is 14.9. The fourth-order valence-electron chi connectivity index (χ4n) is 5.87. The molecule has 0 bridgehead atoms. The Morgan fingerprint density at radius 3 is 1.40 bits per heavy atom. The molecule has 0 radical (unpaired) electrons. The predicted molar refractivity (Wildman–Crippen MR) is 173 cm³/mol. The number of carbonyl (C=O) groups is 2. The molecule has 0 unspecified atom stereocenters. The first-order valence-electron chi connectivity index (χ1n) is 15.1. The molecule has 0 N–H and O–H groups in total. The van der Waals surface area contributed by atoms with Gasteiger partial charge in [-0.25, -0.2) is 0 Å². The van der Waals surface area contributed by atoms with Crippen LogP contribution < -0.4 is 15.9 Å². The molecule has 2 nitrogen and oxygen atoms in total. The minimum Gasteiger partial charge on any atom is -0.290 e. The van der Waals surface area contributed by atoms with E-state index in [1.54, 1.807) is 12.2 Å². The molecule has 0 heterocycles. The van der Waals surface area contributed by atoms with Crippen LogP contribution in [0.4, 0.5) is 0 Å². The first kappa shape index (κ1) is 29.9. The second kappa shape index (κ2) is 15.1. The van der Waals surface area contributed by atoms with Crippen LogP contribution >= 0.6 is 7.26 Å². The Hall–Kier alpha value is -3.09. The average Bonchev–Trinajstić information content (AvgIpc) is 2.99. The zero-order valence-corrected chi connectivity index (χ0v) is 25.1. The summed E-state index contributed by atoms with van der Waals surface area (Å²) in [4.78, 5) is 24.6. The molecule has 208 valence electrons. The van der Waals surface area contributed by atoms with Gasteiger partial charge >= 0.3 is 0 Å². The summed E-state index contributed by atoms with van der Waals surface area (Å²) in [5.41, 5.74) is 1.33. The van der Waals surface area contributed by atoms with Gasteiger partial charge in [0.05, 0.1) is 6.16 Å². The Bertz CT molecular complexity index is 1190. The zero-order chi connectivity index (χ0) is 28.2. The second-order valence-electron chi connectivity index (χ2n) is 11.3. The van der Waals surface area contributed by atoms with Gasteiger partial charge in [-0.1, -0.05) is 101 Å². The van der Waals surface area contributed by atoms with Crippen LogP contribution in [0.1, 0.15) is 71.6 Å². The minimum atomic E-state index is -1.72. The van der Waals surface area contributed by atoms with Crippen LogP contribution in [0.2, 0.25) is 0 Å². The maximum Gasteiger partial charge on any atom is 0.182 e. The lowest BCUT2D eigenvalue weighted by Gasteiger charge is -2.27. The van der Waals surface area contributed by atoms with Crippen molar-refractivity contribution in [3.63, 3.8) is 0 Å². The SMILES string of the molecule is CC(C)C1=CC(=O)C(CCCCCCCCCC[P+](c2ccccc2)(c2ccccc2)c2ccccc2)=CC1=O. The van der Waals surface area contributed by atoms with E-state index in [1.165, 1.54) is 60.6 Å². The quantitative estimate of drug-likeness (QED) is 0.109. The molecule has 4 rings (SSSR count). The van der Waals surface area contributed by atoms with Crippen molar-refractivity contribution in [3.05, 3.63) is 114 Å². The Morgan fingerprint density at radius 2 is 0.950 bits per heavy atom. The Labute approximate surface area is 242 Å². The highest BCUT2D eigenvalue weighted by molar-refractivity contribution is 7.95.